The Morgan fingerprint density at radius 2 is 2.00 bits per heavy atom. The van der Waals surface area contributed by atoms with E-state index < -0.39 is 0 Å². The minimum absolute atomic E-state index is 0.115. The van der Waals surface area contributed by atoms with Crippen LogP contribution >= 0.6 is 0 Å². The molecule has 1 aromatic carbocycles. The van der Waals surface area contributed by atoms with Crippen LogP contribution in [0.1, 0.15) is 30.9 Å². The van der Waals surface area contributed by atoms with E-state index >= 15 is 0 Å². The topological polar surface area (TPSA) is 50.4 Å². The first-order valence-electron chi connectivity index (χ1n) is 7.36. The lowest BCUT2D eigenvalue weighted by Gasteiger charge is -2.36. The number of carbonyl (C=O) groups is 1. The van der Waals surface area contributed by atoms with E-state index in [0.29, 0.717) is 0 Å². The first-order valence-corrected chi connectivity index (χ1v) is 7.36. The number of benzene rings is 1. The monoisotopic (exact) mass is 274 g/mol. The quantitative estimate of drug-likeness (QED) is 0.857. The van der Waals surface area contributed by atoms with Crippen LogP contribution in [0.2, 0.25) is 0 Å². The van der Waals surface area contributed by atoms with Gasteiger partial charge in [-0.3, -0.25) is 4.79 Å². The third-order valence-electron chi connectivity index (χ3n) is 4.42. The van der Waals surface area contributed by atoms with Crippen molar-refractivity contribution in [1.82, 2.24) is 10.6 Å². The van der Waals surface area contributed by atoms with Gasteiger partial charge in [-0.2, -0.15) is 0 Å². The summed E-state index contributed by atoms with van der Waals surface area (Å²) in [4.78, 5) is 12.5. The lowest BCUT2D eigenvalue weighted by atomic mass is 9.90. The molecule has 3 rings (SSSR count). The molecule has 2 N–H and O–H groups in total. The highest BCUT2D eigenvalue weighted by Gasteiger charge is 2.32. The Morgan fingerprint density at radius 3 is 2.75 bits per heavy atom. The highest BCUT2D eigenvalue weighted by atomic mass is 16.5. The number of fused-ring (bicyclic) bond motifs is 1. The molecule has 4 heteroatoms. The molecule has 4 nitrogen and oxygen atoms in total. The van der Waals surface area contributed by atoms with Crippen LogP contribution in [0.5, 0.6) is 0 Å². The average molecular weight is 274 g/mol. The number of rotatable bonds is 2. The Bertz CT molecular complexity index is 495. The zero-order valence-corrected chi connectivity index (χ0v) is 11.9. The molecule has 1 aromatic rings. The van der Waals surface area contributed by atoms with Crippen molar-refractivity contribution in [2.45, 2.75) is 44.3 Å². The van der Waals surface area contributed by atoms with Gasteiger partial charge in [0.15, 0.2) is 0 Å². The normalized spacial score (nSPS) is 24.8. The van der Waals surface area contributed by atoms with Crippen LogP contribution in [0.4, 0.5) is 0 Å². The molecular formula is C16H22N2O2. The van der Waals surface area contributed by atoms with Gasteiger partial charge < -0.3 is 15.4 Å². The molecule has 1 saturated heterocycles. The number of nitrogens with one attached hydrogen (secondary N) is 2. The first-order chi connectivity index (χ1) is 9.66. The highest BCUT2D eigenvalue weighted by Crippen LogP contribution is 2.21. The summed E-state index contributed by atoms with van der Waals surface area (Å²) < 4.78 is 5.37. The van der Waals surface area contributed by atoms with E-state index in [-0.39, 0.29) is 17.5 Å². The van der Waals surface area contributed by atoms with Crippen molar-refractivity contribution in [3.63, 3.8) is 0 Å². The molecule has 0 saturated carbocycles. The summed E-state index contributed by atoms with van der Waals surface area (Å²) in [5, 5.41) is 6.55. The number of hydrogen-bond donors (Lipinski definition) is 2. The molecule has 0 aliphatic carbocycles. The number of hydrogen-bond acceptors (Lipinski definition) is 3. The van der Waals surface area contributed by atoms with Crippen molar-refractivity contribution in [3.8, 4) is 0 Å². The van der Waals surface area contributed by atoms with E-state index in [1.165, 1.54) is 11.1 Å². The van der Waals surface area contributed by atoms with Crippen molar-refractivity contribution in [3.05, 3.63) is 35.4 Å². The molecule has 2 aliphatic heterocycles. The lowest BCUT2D eigenvalue weighted by molar-refractivity contribution is -0.126. The maximum atomic E-state index is 12.5. The van der Waals surface area contributed by atoms with Crippen LogP contribution in [-0.4, -0.2) is 30.7 Å². The summed E-state index contributed by atoms with van der Waals surface area (Å²) in [6, 6.07) is 8.20. The summed E-state index contributed by atoms with van der Waals surface area (Å²) in [5.74, 6) is 0.115. The molecule has 1 amide bonds. The van der Waals surface area contributed by atoms with E-state index in [0.717, 1.165) is 39.0 Å². The predicted octanol–water partition coefficient (Wildman–Crippen LogP) is 1.39. The van der Waals surface area contributed by atoms with Crippen molar-refractivity contribution < 1.29 is 9.53 Å². The third kappa shape index (κ3) is 2.86. The highest BCUT2D eigenvalue weighted by molar-refractivity contribution is 5.83. The number of ether oxygens (including phenoxy) is 1. The third-order valence-corrected chi connectivity index (χ3v) is 4.42. The summed E-state index contributed by atoms with van der Waals surface area (Å²) in [5.41, 5.74) is 2.46. The van der Waals surface area contributed by atoms with Gasteiger partial charge >= 0.3 is 0 Å². The van der Waals surface area contributed by atoms with Gasteiger partial charge in [0.05, 0.1) is 6.04 Å². The zero-order valence-electron chi connectivity index (χ0n) is 11.9. The smallest absolute Gasteiger partial charge is 0.237 e. The first kappa shape index (κ1) is 13.6. The van der Waals surface area contributed by atoms with E-state index in [4.69, 9.17) is 4.74 Å². The van der Waals surface area contributed by atoms with Gasteiger partial charge in [-0.05, 0) is 37.3 Å². The van der Waals surface area contributed by atoms with Crippen LogP contribution in [0.25, 0.3) is 0 Å². The van der Waals surface area contributed by atoms with E-state index in [9.17, 15) is 4.79 Å². The van der Waals surface area contributed by atoms with Gasteiger partial charge in [-0.25, -0.2) is 0 Å². The van der Waals surface area contributed by atoms with Crippen molar-refractivity contribution >= 4 is 5.91 Å². The average Bonchev–Trinajstić information content (AvgIpc) is 2.47. The van der Waals surface area contributed by atoms with Crippen LogP contribution in [0.3, 0.4) is 0 Å². The molecule has 2 aliphatic rings. The van der Waals surface area contributed by atoms with Crippen LogP contribution in [0.15, 0.2) is 24.3 Å². The minimum Gasteiger partial charge on any atom is -0.381 e. The van der Waals surface area contributed by atoms with E-state index in [1.807, 2.05) is 12.1 Å². The molecule has 1 fully saturated rings. The Morgan fingerprint density at radius 1 is 1.30 bits per heavy atom. The minimum atomic E-state index is -0.121. The second-order valence-corrected chi connectivity index (χ2v) is 6.07. The molecule has 1 atom stereocenters. The van der Waals surface area contributed by atoms with E-state index in [2.05, 4.69) is 29.7 Å². The zero-order chi connectivity index (χ0) is 14.0. The van der Waals surface area contributed by atoms with Crippen molar-refractivity contribution in [2.75, 3.05) is 13.2 Å². The summed E-state index contributed by atoms with van der Waals surface area (Å²) in [6.45, 7) is 4.35. The summed E-state index contributed by atoms with van der Waals surface area (Å²) in [6.07, 6.45) is 2.55. The molecule has 0 unspecified atom stereocenters. The second-order valence-electron chi connectivity index (χ2n) is 6.07. The fourth-order valence-corrected chi connectivity index (χ4v) is 2.97. The molecule has 0 bridgehead atoms. The Kier molecular flexibility index (Phi) is 3.76. The van der Waals surface area contributed by atoms with Crippen molar-refractivity contribution in [2.24, 2.45) is 0 Å². The molecular weight excluding hydrogens is 252 g/mol. The van der Waals surface area contributed by atoms with Gasteiger partial charge in [-0.15, -0.1) is 0 Å². The fourth-order valence-electron chi connectivity index (χ4n) is 2.97. The lowest BCUT2D eigenvalue weighted by Crippen LogP contribution is -2.56. The Balaban J connectivity index is 1.64. The molecule has 2 heterocycles. The second kappa shape index (κ2) is 5.54. The van der Waals surface area contributed by atoms with Crippen LogP contribution in [-0.2, 0) is 22.5 Å². The predicted molar refractivity (Wildman–Crippen MR) is 77.4 cm³/mol. The van der Waals surface area contributed by atoms with Crippen LogP contribution < -0.4 is 10.6 Å². The summed E-state index contributed by atoms with van der Waals surface area (Å²) >= 11 is 0. The van der Waals surface area contributed by atoms with Crippen LogP contribution in [0, 0.1) is 0 Å². The SMILES string of the molecule is CC1(NC(=O)[C@H]2Cc3ccccc3CN2)CCOCC1. The van der Waals surface area contributed by atoms with Gasteiger partial charge in [-0.1, -0.05) is 24.3 Å². The number of carbonyl (C=O) groups excluding carboxylic acids is 1. The van der Waals surface area contributed by atoms with E-state index in [1.54, 1.807) is 0 Å². The summed E-state index contributed by atoms with van der Waals surface area (Å²) in [7, 11) is 0. The van der Waals surface area contributed by atoms with Gasteiger partial charge in [0.1, 0.15) is 0 Å². The van der Waals surface area contributed by atoms with Gasteiger partial charge in [0.2, 0.25) is 5.91 Å². The van der Waals surface area contributed by atoms with Crippen molar-refractivity contribution in [1.29, 1.82) is 0 Å². The fraction of sp³-hybridized carbons (Fsp3) is 0.562. The molecule has 0 spiro atoms. The Hall–Kier alpha value is -1.39. The maximum absolute atomic E-state index is 12.5. The largest absolute Gasteiger partial charge is 0.381 e. The standard InChI is InChI=1S/C16H22N2O2/c1-16(6-8-20-9-7-16)18-15(19)14-10-12-4-2-3-5-13(12)11-17-14/h2-5,14,17H,6-11H2,1H3,(H,18,19)/t14-/m1/s1. The van der Waals surface area contributed by atoms with Gasteiger partial charge in [0.25, 0.3) is 0 Å². The maximum Gasteiger partial charge on any atom is 0.237 e. The van der Waals surface area contributed by atoms with Gasteiger partial charge in [0, 0.05) is 25.3 Å². The molecule has 108 valence electrons. The Labute approximate surface area is 119 Å². The molecule has 20 heavy (non-hydrogen) atoms. The molecule has 0 radical (unpaired) electrons. The molecule has 0 aromatic heterocycles. The number of amides is 1.